The van der Waals surface area contributed by atoms with Crippen LogP contribution in [0, 0.1) is 10.7 Å². The summed E-state index contributed by atoms with van der Waals surface area (Å²) in [5.41, 5.74) is 0.333. The van der Waals surface area contributed by atoms with E-state index in [-0.39, 0.29) is 13.0 Å². The highest BCUT2D eigenvalue weighted by atomic mass is 127. The summed E-state index contributed by atoms with van der Waals surface area (Å²) in [7, 11) is -6.50. The maximum atomic E-state index is 13.3. The van der Waals surface area contributed by atoms with E-state index in [1.165, 1.54) is 0 Å². The fraction of sp³-hybridized carbons (Fsp3) is 0.429. The van der Waals surface area contributed by atoms with Crippen molar-refractivity contribution in [3.63, 3.8) is 0 Å². The van der Waals surface area contributed by atoms with Crippen LogP contribution in [-0.4, -0.2) is 48.9 Å². The number of rotatable bonds is 8. The number of halogens is 8. The summed E-state index contributed by atoms with van der Waals surface area (Å²) in [6.07, 6.45) is -11.4. The molecule has 1 atom stereocenters. The van der Waals surface area contributed by atoms with Crippen molar-refractivity contribution in [1.29, 1.82) is 0 Å². The minimum Gasteiger partial charge on any atom is -0.445 e. The maximum Gasteiger partial charge on any atom is 0.432 e. The number of carbonyl (C=O) groups is 2. The van der Waals surface area contributed by atoms with E-state index in [1.807, 2.05) is 73.8 Å². The van der Waals surface area contributed by atoms with Gasteiger partial charge in [-0.2, -0.15) is 30.4 Å². The first-order valence-electron chi connectivity index (χ1n) is 7.52. The average molecular weight is 797 g/mol. The van der Waals surface area contributed by atoms with Crippen molar-refractivity contribution in [2.24, 2.45) is 0 Å². The normalized spacial score (nSPS) is 13.6. The molecule has 0 aliphatic heterocycles. The molecular formula is C14H11F5I3NO6S. The maximum absolute atomic E-state index is 13.3. The minimum atomic E-state index is -6.50. The second kappa shape index (κ2) is 10.7. The van der Waals surface area contributed by atoms with Crippen LogP contribution in [-0.2, 0) is 19.6 Å². The zero-order valence-electron chi connectivity index (χ0n) is 14.3. The van der Waals surface area contributed by atoms with Crippen LogP contribution in [0.2, 0.25) is 0 Å². The van der Waals surface area contributed by atoms with Gasteiger partial charge in [0.1, 0.15) is 0 Å². The number of alkyl halides is 5. The summed E-state index contributed by atoms with van der Waals surface area (Å²) in [4.78, 5) is 23.7. The third-order valence-corrected chi connectivity index (χ3v) is 7.85. The summed E-state index contributed by atoms with van der Waals surface area (Å²) in [6, 6.07) is 3.43. The topological polar surface area (TPSA) is 110 Å². The van der Waals surface area contributed by atoms with Gasteiger partial charge in [0.2, 0.25) is 0 Å². The molecule has 0 aromatic heterocycles. The van der Waals surface area contributed by atoms with Gasteiger partial charge >= 0.3 is 27.5 Å². The third kappa shape index (κ3) is 7.50. The minimum absolute atomic E-state index is 0.197. The smallest absolute Gasteiger partial charge is 0.432 e. The van der Waals surface area contributed by atoms with E-state index in [4.69, 9.17) is 4.55 Å². The van der Waals surface area contributed by atoms with E-state index in [0.717, 1.165) is 7.14 Å². The predicted molar refractivity (Wildman–Crippen MR) is 119 cm³/mol. The summed E-state index contributed by atoms with van der Waals surface area (Å²) in [6.45, 7) is -0.197. The summed E-state index contributed by atoms with van der Waals surface area (Å²) in [5.74, 6) is -2.30. The van der Waals surface area contributed by atoms with Gasteiger partial charge in [0, 0.05) is 23.7 Å². The molecular weight excluding hydrogens is 786 g/mol. The molecule has 16 heteroatoms. The molecule has 0 bridgehead atoms. The number of amides is 1. The Morgan fingerprint density at radius 2 is 1.70 bits per heavy atom. The van der Waals surface area contributed by atoms with Crippen molar-refractivity contribution in [1.82, 2.24) is 5.32 Å². The monoisotopic (exact) mass is 797 g/mol. The molecule has 0 aliphatic rings. The third-order valence-electron chi connectivity index (χ3n) is 3.28. The zero-order valence-corrected chi connectivity index (χ0v) is 21.6. The molecule has 0 heterocycles. The number of benzene rings is 1. The Morgan fingerprint density at radius 3 is 2.20 bits per heavy atom. The SMILES string of the molecule is O=C(CCCNC(=O)c1cc(I)cc(I)c1I)OC(C(F)(F)F)C(F)(F)S(=O)(=O)O. The van der Waals surface area contributed by atoms with Gasteiger partial charge in [0.25, 0.3) is 12.0 Å². The molecule has 170 valence electrons. The van der Waals surface area contributed by atoms with Gasteiger partial charge in [-0.3, -0.25) is 14.1 Å². The Balaban J connectivity index is 2.69. The second-order valence-electron chi connectivity index (χ2n) is 5.56. The number of carbonyl (C=O) groups excluding carboxylic acids is 2. The molecule has 7 nitrogen and oxygen atoms in total. The highest BCUT2D eigenvalue weighted by Crippen LogP contribution is 2.38. The van der Waals surface area contributed by atoms with Gasteiger partial charge in [0.15, 0.2) is 0 Å². The summed E-state index contributed by atoms with van der Waals surface area (Å²) >= 11 is 5.98. The highest BCUT2D eigenvalue weighted by molar-refractivity contribution is 14.1. The van der Waals surface area contributed by atoms with E-state index >= 15 is 0 Å². The van der Waals surface area contributed by atoms with Crippen LogP contribution in [0.4, 0.5) is 22.0 Å². The molecule has 30 heavy (non-hydrogen) atoms. The van der Waals surface area contributed by atoms with Gasteiger partial charge in [-0.05, 0) is 86.3 Å². The Kier molecular flexibility index (Phi) is 9.95. The second-order valence-corrected chi connectivity index (χ2v) is 10.5. The van der Waals surface area contributed by atoms with E-state index in [2.05, 4.69) is 10.1 Å². The molecule has 0 fully saturated rings. The first-order chi connectivity index (χ1) is 13.5. The summed E-state index contributed by atoms with van der Waals surface area (Å²) in [5, 5.41) is -3.36. The summed E-state index contributed by atoms with van der Waals surface area (Å²) < 4.78 is 100.0. The van der Waals surface area contributed by atoms with Gasteiger partial charge in [-0.1, -0.05) is 0 Å². The molecule has 1 aromatic carbocycles. The first kappa shape index (κ1) is 27.9. The van der Waals surface area contributed by atoms with E-state index in [1.54, 1.807) is 6.07 Å². The molecule has 0 saturated carbocycles. The molecule has 1 aromatic rings. The van der Waals surface area contributed by atoms with Crippen LogP contribution < -0.4 is 5.32 Å². The first-order valence-corrected chi connectivity index (χ1v) is 12.2. The molecule has 1 rings (SSSR count). The van der Waals surface area contributed by atoms with Crippen molar-refractivity contribution in [3.8, 4) is 0 Å². The molecule has 0 spiro atoms. The van der Waals surface area contributed by atoms with Gasteiger partial charge in [-0.25, -0.2) is 0 Å². The number of hydrogen-bond acceptors (Lipinski definition) is 5. The van der Waals surface area contributed by atoms with Crippen LogP contribution in [0.15, 0.2) is 12.1 Å². The highest BCUT2D eigenvalue weighted by Gasteiger charge is 2.65. The molecule has 0 saturated heterocycles. The molecule has 1 unspecified atom stereocenters. The van der Waals surface area contributed by atoms with Crippen LogP contribution in [0.5, 0.6) is 0 Å². The Labute approximate surface area is 208 Å². The van der Waals surface area contributed by atoms with Crippen molar-refractivity contribution >= 4 is 89.8 Å². The fourth-order valence-corrected chi connectivity index (χ4v) is 4.76. The average Bonchev–Trinajstić information content (AvgIpc) is 2.57. The van der Waals surface area contributed by atoms with Crippen molar-refractivity contribution in [2.75, 3.05) is 6.54 Å². The number of esters is 1. The van der Waals surface area contributed by atoms with E-state index in [0.29, 0.717) is 9.13 Å². The van der Waals surface area contributed by atoms with Crippen molar-refractivity contribution < 1.29 is 49.2 Å². The lowest BCUT2D eigenvalue weighted by atomic mass is 10.2. The Hall–Kier alpha value is -0.0900. The standard InChI is InChI=1S/C14H11F5I3NO6S/c15-13(16,17)12(14(18,19)30(26,27)28)29-9(24)2-1-3-23-11(25)7-4-6(20)5-8(21)10(7)22/h4-5,12H,1-3H2,(H,23,25)(H,26,27,28). The lowest BCUT2D eigenvalue weighted by Crippen LogP contribution is -2.52. The van der Waals surface area contributed by atoms with Crippen LogP contribution in [0.1, 0.15) is 23.2 Å². The lowest BCUT2D eigenvalue weighted by molar-refractivity contribution is -0.259. The number of hydrogen-bond donors (Lipinski definition) is 2. The van der Waals surface area contributed by atoms with E-state index in [9.17, 15) is 40.0 Å². The van der Waals surface area contributed by atoms with Crippen molar-refractivity contribution in [2.45, 2.75) is 30.4 Å². The van der Waals surface area contributed by atoms with Crippen LogP contribution in [0.3, 0.4) is 0 Å². The quantitative estimate of drug-likeness (QED) is 0.103. The molecule has 0 radical (unpaired) electrons. The molecule has 1 amide bonds. The Morgan fingerprint density at radius 1 is 1.13 bits per heavy atom. The molecule has 2 N–H and O–H groups in total. The van der Waals surface area contributed by atoms with Crippen LogP contribution in [0.25, 0.3) is 0 Å². The number of nitrogens with one attached hydrogen (secondary N) is 1. The van der Waals surface area contributed by atoms with Gasteiger partial charge in [-0.15, -0.1) is 0 Å². The fourth-order valence-electron chi connectivity index (χ4n) is 1.90. The predicted octanol–water partition coefficient (Wildman–Crippen LogP) is 3.97. The molecule has 0 aliphatic carbocycles. The lowest BCUT2D eigenvalue weighted by Gasteiger charge is -2.26. The van der Waals surface area contributed by atoms with Crippen molar-refractivity contribution in [3.05, 3.63) is 28.4 Å². The largest absolute Gasteiger partial charge is 0.445 e. The van der Waals surface area contributed by atoms with E-state index < -0.39 is 46.0 Å². The number of ether oxygens (including phenoxy) is 1. The Bertz CT molecular complexity index is 925. The van der Waals surface area contributed by atoms with Gasteiger partial charge in [0.05, 0.1) is 5.56 Å². The zero-order chi connectivity index (χ0) is 23.5. The van der Waals surface area contributed by atoms with Gasteiger partial charge < -0.3 is 10.1 Å². The van der Waals surface area contributed by atoms with Crippen LogP contribution >= 0.6 is 67.8 Å².